The molecule has 0 unspecified atom stereocenters. The molecule has 1 amide bonds. The zero-order chi connectivity index (χ0) is 17.0. The van der Waals surface area contributed by atoms with Crippen molar-refractivity contribution in [2.75, 3.05) is 11.3 Å². The third-order valence-electron chi connectivity index (χ3n) is 2.78. The number of amides is 1. The summed E-state index contributed by atoms with van der Waals surface area (Å²) < 4.78 is 36.2. The van der Waals surface area contributed by atoms with E-state index in [2.05, 4.69) is 4.72 Å². The standard InChI is InChI=1S/C14H14N2O6S/c1-2-21-14(18)9-3-5-10(6-4-9)16-23(19,20)11-7-12(13(15)17)22-8-11/h3-8,16H,2H2,1H3,(H2,15,17). The maximum absolute atomic E-state index is 12.1. The second kappa shape index (κ2) is 6.53. The second-order valence-electron chi connectivity index (χ2n) is 4.41. The third kappa shape index (κ3) is 3.89. The first-order chi connectivity index (χ1) is 10.8. The Bertz CT molecular complexity index is 823. The van der Waals surface area contributed by atoms with Crippen molar-refractivity contribution in [3.63, 3.8) is 0 Å². The highest BCUT2D eigenvalue weighted by Crippen LogP contribution is 2.19. The van der Waals surface area contributed by atoms with E-state index in [9.17, 15) is 18.0 Å². The molecule has 0 aliphatic carbocycles. The molecule has 0 bridgehead atoms. The molecule has 0 aliphatic rings. The van der Waals surface area contributed by atoms with E-state index < -0.39 is 21.9 Å². The number of nitrogens with one attached hydrogen (secondary N) is 1. The van der Waals surface area contributed by atoms with Gasteiger partial charge in [-0.25, -0.2) is 13.2 Å². The van der Waals surface area contributed by atoms with Crippen molar-refractivity contribution in [1.82, 2.24) is 0 Å². The van der Waals surface area contributed by atoms with Crippen LogP contribution in [0.1, 0.15) is 27.8 Å². The fourth-order valence-corrected chi connectivity index (χ4v) is 2.69. The highest BCUT2D eigenvalue weighted by Gasteiger charge is 2.19. The summed E-state index contributed by atoms with van der Waals surface area (Å²) in [6, 6.07) is 6.72. The van der Waals surface area contributed by atoms with Crippen LogP contribution in [0.15, 0.2) is 45.9 Å². The average molecular weight is 338 g/mol. The molecule has 3 N–H and O–H groups in total. The minimum Gasteiger partial charge on any atom is -0.462 e. The molecule has 0 atom stereocenters. The van der Waals surface area contributed by atoms with Gasteiger partial charge in [-0.1, -0.05) is 0 Å². The number of hydrogen-bond acceptors (Lipinski definition) is 6. The van der Waals surface area contributed by atoms with Crippen LogP contribution in [0.3, 0.4) is 0 Å². The predicted octanol–water partition coefficient (Wildman–Crippen LogP) is 1.36. The lowest BCUT2D eigenvalue weighted by Gasteiger charge is -2.07. The Labute approximate surface area is 132 Å². The van der Waals surface area contributed by atoms with Crippen LogP contribution in [-0.2, 0) is 14.8 Å². The minimum absolute atomic E-state index is 0.235. The average Bonchev–Trinajstić information content (AvgIpc) is 2.99. The van der Waals surface area contributed by atoms with Crippen molar-refractivity contribution in [2.24, 2.45) is 5.73 Å². The molecule has 2 rings (SSSR count). The van der Waals surface area contributed by atoms with Gasteiger partial charge in [0.2, 0.25) is 0 Å². The number of sulfonamides is 1. The van der Waals surface area contributed by atoms with Crippen LogP contribution in [0.25, 0.3) is 0 Å². The normalized spacial score (nSPS) is 11.0. The van der Waals surface area contributed by atoms with Crippen molar-refractivity contribution in [1.29, 1.82) is 0 Å². The molecule has 1 heterocycles. The smallest absolute Gasteiger partial charge is 0.338 e. The number of carbonyl (C=O) groups is 2. The molecular formula is C14H14N2O6S. The molecule has 0 saturated carbocycles. The summed E-state index contributed by atoms with van der Waals surface area (Å²) in [5.74, 6) is -1.63. The Morgan fingerprint density at radius 2 is 1.91 bits per heavy atom. The van der Waals surface area contributed by atoms with E-state index >= 15 is 0 Å². The first-order valence-corrected chi connectivity index (χ1v) is 8.00. The van der Waals surface area contributed by atoms with Gasteiger partial charge in [-0.2, -0.15) is 0 Å². The fraction of sp³-hybridized carbons (Fsp3) is 0.143. The Hall–Kier alpha value is -2.81. The van der Waals surface area contributed by atoms with Gasteiger partial charge < -0.3 is 14.9 Å². The lowest BCUT2D eigenvalue weighted by atomic mass is 10.2. The number of esters is 1. The molecule has 0 saturated heterocycles. The van der Waals surface area contributed by atoms with E-state index in [0.717, 1.165) is 12.3 Å². The lowest BCUT2D eigenvalue weighted by molar-refractivity contribution is 0.0526. The van der Waals surface area contributed by atoms with E-state index in [-0.39, 0.29) is 22.9 Å². The maximum Gasteiger partial charge on any atom is 0.338 e. The van der Waals surface area contributed by atoms with Gasteiger partial charge in [0.25, 0.3) is 15.9 Å². The topological polar surface area (TPSA) is 129 Å². The highest BCUT2D eigenvalue weighted by molar-refractivity contribution is 7.92. The molecular weight excluding hydrogens is 324 g/mol. The molecule has 0 radical (unpaired) electrons. The van der Waals surface area contributed by atoms with Crippen molar-refractivity contribution in [3.05, 3.63) is 47.9 Å². The Morgan fingerprint density at radius 3 is 2.43 bits per heavy atom. The summed E-state index contributed by atoms with van der Waals surface area (Å²) >= 11 is 0. The summed E-state index contributed by atoms with van der Waals surface area (Å²) in [5.41, 5.74) is 5.54. The number of carbonyl (C=O) groups excluding carboxylic acids is 2. The monoisotopic (exact) mass is 338 g/mol. The zero-order valence-electron chi connectivity index (χ0n) is 12.1. The zero-order valence-corrected chi connectivity index (χ0v) is 12.9. The first-order valence-electron chi connectivity index (χ1n) is 6.52. The Morgan fingerprint density at radius 1 is 1.26 bits per heavy atom. The number of anilines is 1. The van der Waals surface area contributed by atoms with Crippen LogP contribution in [-0.4, -0.2) is 26.9 Å². The summed E-state index contributed by atoms with van der Waals surface area (Å²) in [6.45, 7) is 1.93. The van der Waals surface area contributed by atoms with Crippen LogP contribution in [0, 0.1) is 0 Å². The fourth-order valence-electron chi connectivity index (χ4n) is 1.69. The summed E-state index contributed by atoms with van der Waals surface area (Å²) in [7, 11) is -3.94. The van der Waals surface area contributed by atoms with Gasteiger partial charge in [-0.3, -0.25) is 9.52 Å². The molecule has 122 valence electrons. The Balaban J connectivity index is 2.16. The highest BCUT2D eigenvalue weighted by atomic mass is 32.2. The van der Waals surface area contributed by atoms with Gasteiger partial charge in [0.15, 0.2) is 5.76 Å². The van der Waals surface area contributed by atoms with Crippen LogP contribution in [0.4, 0.5) is 5.69 Å². The van der Waals surface area contributed by atoms with E-state index in [0.29, 0.717) is 5.56 Å². The molecule has 23 heavy (non-hydrogen) atoms. The third-order valence-corrected chi connectivity index (χ3v) is 4.12. The van der Waals surface area contributed by atoms with Gasteiger partial charge in [0.1, 0.15) is 11.2 Å². The molecule has 1 aromatic carbocycles. The van der Waals surface area contributed by atoms with Crippen LogP contribution >= 0.6 is 0 Å². The molecule has 0 aliphatic heterocycles. The van der Waals surface area contributed by atoms with Gasteiger partial charge >= 0.3 is 5.97 Å². The van der Waals surface area contributed by atoms with Gasteiger partial charge in [0.05, 0.1) is 12.2 Å². The summed E-state index contributed by atoms with van der Waals surface area (Å²) in [4.78, 5) is 22.2. The van der Waals surface area contributed by atoms with E-state index in [1.165, 1.54) is 24.3 Å². The van der Waals surface area contributed by atoms with Crippen molar-refractivity contribution in [2.45, 2.75) is 11.8 Å². The molecule has 1 aromatic heterocycles. The van der Waals surface area contributed by atoms with Gasteiger partial charge in [0, 0.05) is 11.8 Å². The number of ether oxygens (including phenoxy) is 1. The van der Waals surface area contributed by atoms with Gasteiger partial charge in [-0.15, -0.1) is 0 Å². The van der Waals surface area contributed by atoms with E-state index in [1.54, 1.807) is 6.92 Å². The molecule has 2 aromatic rings. The van der Waals surface area contributed by atoms with E-state index in [4.69, 9.17) is 14.9 Å². The largest absolute Gasteiger partial charge is 0.462 e. The number of hydrogen-bond donors (Lipinski definition) is 2. The van der Waals surface area contributed by atoms with E-state index in [1.807, 2.05) is 0 Å². The number of rotatable bonds is 6. The second-order valence-corrected chi connectivity index (χ2v) is 6.10. The molecule has 0 spiro atoms. The van der Waals surface area contributed by atoms with Crippen molar-refractivity contribution >= 4 is 27.6 Å². The number of primary amides is 1. The van der Waals surface area contributed by atoms with Crippen molar-refractivity contribution in [3.8, 4) is 0 Å². The number of nitrogens with two attached hydrogens (primary N) is 1. The maximum atomic E-state index is 12.1. The van der Waals surface area contributed by atoms with Crippen LogP contribution in [0.5, 0.6) is 0 Å². The van der Waals surface area contributed by atoms with Crippen molar-refractivity contribution < 1.29 is 27.2 Å². The van der Waals surface area contributed by atoms with Crippen LogP contribution in [0.2, 0.25) is 0 Å². The quantitative estimate of drug-likeness (QED) is 0.765. The first kappa shape index (κ1) is 16.6. The molecule has 8 nitrogen and oxygen atoms in total. The number of furan rings is 1. The molecule has 0 fully saturated rings. The minimum atomic E-state index is -3.94. The predicted molar refractivity (Wildman–Crippen MR) is 80.4 cm³/mol. The van der Waals surface area contributed by atoms with Gasteiger partial charge in [-0.05, 0) is 31.2 Å². The number of benzene rings is 1. The lowest BCUT2D eigenvalue weighted by Crippen LogP contribution is -2.13. The summed E-state index contributed by atoms with van der Waals surface area (Å²) in [5, 5.41) is 0. The Kier molecular flexibility index (Phi) is 4.70. The summed E-state index contributed by atoms with van der Waals surface area (Å²) in [6.07, 6.45) is 0.912. The SMILES string of the molecule is CCOC(=O)c1ccc(NS(=O)(=O)c2coc(C(N)=O)c2)cc1. The van der Waals surface area contributed by atoms with Crippen LogP contribution < -0.4 is 10.5 Å². The molecule has 9 heteroatoms.